The van der Waals surface area contributed by atoms with Crippen molar-refractivity contribution >= 4 is 22.9 Å². The van der Waals surface area contributed by atoms with Crippen molar-refractivity contribution in [1.82, 2.24) is 0 Å². The predicted molar refractivity (Wildman–Crippen MR) is 40.0 cm³/mol. The summed E-state index contributed by atoms with van der Waals surface area (Å²) < 4.78 is 0. The summed E-state index contributed by atoms with van der Waals surface area (Å²) in [4.78, 5) is 0.917. The summed E-state index contributed by atoms with van der Waals surface area (Å²) in [5.41, 5.74) is 0. The van der Waals surface area contributed by atoms with E-state index in [1.54, 1.807) is 13.0 Å². The first kappa shape index (κ1) is 7.06. The lowest BCUT2D eigenvalue weighted by atomic mass is 10.3. The van der Waals surface area contributed by atoms with E-state index in [1.807, 2.05) is 5.38 Å². The molecule has 1 N–H and O–H groups in total. The quantitative estimate of drug-likeness (QED) is 0.673. The van der Waals surface area contributed by atoms with Gasteiger partial charge < -0.3 is 5.11 Å². The normalized spacial score (nSPS) is 13.7. The van der Waals surface area contributed by atoms with Gasteiger partial charge in [0.2, 0.25) is 0 Å². The van der Waals surface area contributed by atoms with Gasteiger partial charge >= 0.3 is 0 Å². The van der Waals surface area contributed by atoms with Crippen molar-refractivity contribution in [2.45, 2.75) is 13.0 Å². The van der Waals surface area contributed by atoms with Crippen LogP contribution in [0, 0.1) is 0 Å². The highest BCUT2D eigenvalue weighted by Crippen LogP contribution is 2.24. The molecule has 0 fully saturated rings. The molecule has 9 heavy (non-hydrogen) atoms. The van der Waals surface area contributed by atoms with Crippen molar-refractivity contribution in [3.8, 4) is 0 Å². The lowest BCUT2D eigenvalue weighted by molar-refractivity contribution is 0.203. The van der Waals surface area contributed by atoms with Gasteiger partial charge in [0.1, 0.15) is 0 Å². The fourth-order valence-electron chi connectivity index (χ4n) is 0.547. The number of hydrogen-bond acceptors (Lipinski definition) is 2. The Morgan fingerprint density at radius 1 is 1.78 bits per heavy atom. The Hall–Kier alpha value is -0.0500. The topological polar surface area (TPSA) is 20.2 Å². The molecular formula is C6H7ClOS. The highest BCUT2D eigenvalue weighted by atomic mass is 35.5. The maximum atomic E-state index is 8.99. The van der Waals surface area contributed by atoms with Crippen molar-refractivity contribution in [3.63, 3.8) is 0 Å². The summed E-state index contributed by atoms with van der Waals surface area (Å²) in [7, 11) is 0. The zero-order valence-electron chi connectivity index (χ0n) is 4.97. The smallest absolute Gasteiger partial charge is 0.0854 e. The fraction of sp³-hybridized carbons (Fsp3) is 0.333. The van der Waals surface area contributed by atoms with Gasteiger partial charge in [-0.1, -0.05) is 11.6 Å². The Balaban J connectivity index is 2.85. The fourth-order valence-corrected chi connectivity index (χ4v) is 1.57. The number of aliphatic hydroxyl groups excluding tert-OH is 1. The minimum absolute atomic E-state index is 0.387. The molecule has 1 nitrogen and oxygen atoms in total. The molecule has 0 amide bonds. The van der Waals surface area contributed by atoms with Gasteiger partial charge in [0, 0.05) is 10.3 Å². The third kappa shape index (κ3) is 1.68. The van der Waals surface area contributed by atoms with Crippen LogP contribution in [-0.4, -0.2) is 5.11 Å². The highest BCUT2D eigenvalue weighted by Gasteiger charge is 2.01. The van der Waals surface area contributed by atoms with E-state index in [9.17, 15) is 0 Å². The second-order valence-corrected chi connectivity index (χ2v) is 3.22. The third-order valence-electron chi connectivity index (χ3n) is 0.999. The van der Waals surface area contributed by atoms with E-state index in [2.05, 4.69) is 0 Å². The van der Waals surface area contributed by atoms with E-state index >= 15 is 0 Å². The van der Waals surface area contributed by atoms with Crippen LogP contribution >= 0.6 is 22.9 Å². The van der Waals surface area contributed by atoms with Crippen LogP contribution in [0.15, 0.2) is 11.4 Å². The van der Waals surface area contributed by atoms with Gasteiger partial charge in [-0.05, 0) is 13.0 Å². The van der Waals surface area contributed by atoms with Crippen LogP contribution in [-0.2, 0) is 0 Å². The van der Waals surface area contributed by atoms with Gasteiger partial charge in [0.15, 0.2) is 0 Å². The molecule has 3 heteroatoms. The third-order valence-corrected chi connectivity index (χ3v) is 2.45. The first-order chi connectivity index (χ1) is 4.20. The molecule has 0 aliphatic heterocycles. The van der Waals surface area contributed by atoms with Crippen LogP contribution in [0.2, 0.25) is 5.02 Å². The monoisotopic (exact) mass is 162 g/mol. The maximum absolute atomic E-state index is 8.99. The van der Waals surface area contributed by atoms with Crippen molar-refractivity contribution in [3.05, 3.63) is 21.3 Å². The Bertz CT molecular complexity index is 195. The molecule has 0 aromatic carbocycles. The Morgan fingerprint density at radius 2 is 2.44 bits per heavy atom. The van der Waals surface area contributed by atoms with E-state index in [0.717, 1.165) is 4.88 Å². The zero-order valence-corrected chi connectivity index (χ0v) is 6.54. The first-order valence-electron chi connectivity index (χ1n) is 2.62. The van der Waals surface area contributed by atoms with E-state index in [-0.39, 0.29) is 6.10 Å². The second kappa shape index (κ2) is 2.69. The molecule has 0 spiro atoms. The number of rotatable bonds is 1. The van der Waals surface area contributed by atoms with Crippen molar-refractivity contribution < 1.29 is 5.11 Å². The Kier molecular flexibility index (Phi) is 2.11. The average Bonchev–Trinajstić information content (AvgIpc) is 2.14. The minimum atomic E-state index is -0.387. The summed E-state index contributed by atoms with van der Waals surface area (Å²) in [5, 5.41) is 11.5. The summed E-state index contributed by atoms with van der Waals surface area (Å²) >= 11 is 7.08. The van der Waals surface area contributed by atoms with E-state index in [0.29, 0.717) is 5.02 Å². The van der Waals surface area contributed by atoms with Gasteiger partial charge in [-0.2, -0.15) is 0 Å². The van der Waals surface area contributed by atoms with Crippen molar-refractivity contribution in [2.24, 2.45) is 0 Å². The number of aliphatic hydroxyl groups is 1. The molecule has 0 radical (unpaired) electrons. The molecule has 1 rings (SSSR count). The molecule has 1 aromatic rings. The molecule has 0 saturated carbocycles. The Morgan fingerprint density at radius 3 is 2.67 bits per heavy atom. The maximum Gasteiger partial charge on any atom is 0.0854 e. The van der Waals surface area contributed by atoms with Crippen molar-refractivity contribution in [1.29, 1.82) is 0 Å². The molecule has 50 valence electrons. The minimum Gasteiger partial charge on any atom is -0.388 e. The van der Waals surface area contributed by atoms with Crippen LogP contribution in [0.4, 0.5) is 0 Å². The molecule has 0 aliphatic rings. The second-order valence-electron chi connectivity index (χ2n) is 1.84. The summed E-state index contributed by atoms with van der Waals surface area (Å²) in [6, 6.07) is 1.77. The van der Waals surface area contributed by atoms with Crippen LogP contribution in [0.3, 0.4) is 0 Å². The summed E-state index contributed by atoms with van der Waals surface area (Å²) in [6.45, 7) is 1.72. The van der Waals surface area contributed by atoms with Gasteiger partial charge in [0.25, 0.3) is 0 Å². The standard InChI is InChI=1S/C6H7ClOS/c1-4(8)6-2-5(7)3-9-6/h2-4,8H,1H3/t4-/m0/s1. The lowest BCUT2D eigenvalue weighted by Crippen LogP contribution is -1.83. The summed E-state index contributed by atoms with van der Waals surface area (Å²) in [6.07, 6.45) is -0.387. The number of halogens is 1. The van der Waals surface area contributed by atoms with Crippen molar-refractivity contribution in [2.75, 3.05) is 0 Å². The predicted octanol–water partition coefficient (Wildman–Crippen LogP) is 2.45. The number of hydrogen-bond donors (Lipinski definition) is 1. The molecule has 0 saturated heterocycles. The Labute approximate surface area is 62.9 Å². The van der Waals surface area contributed by atoms with E-state index < -0.39 is 0 Å². The molecule has 1 atom stereocenters. The van der Waals surface area contributed by atoms with Gasteiger partial charge in [0.05, 0.1) is 11.1 Å². The van der Waals surface area contributed by atoms with Gasteiger partial charge in [-0.3, -0.25) is 0 Å². The van der Waals surface area contributed by atoms with E-state index in [1.165, 1.54) is 11.3 Å². The largest absolute Gasteiger partial charge is 0.388 e. The van der Waals surface area contributed by atoms with E-state index in [4.69, 9.17) is 16.7 Å². The van der Waals surface area contributed by atoms with Crippen LogP contribution in [0.25, 0.3) is 0 Å². The van der Waals surface area contributed by atoms with Crippen LogP contribution in [0.1, 0.15) is 17.9 Å². The number of thiophene rings is 1. The lowest BCUT2D eigenvalue weighted by Gasteiger charge is -1.95. The molecule has 0 aliphatic carbocycles. The molecular weight excluding hydrogens is 156 g/mol. The molecule has 1 aromatic heterocycles. The summed E-state index contributed by atoms with van der Waals surface area (Å²) in [5.74, 6) is 0. The van der Waals surface area contributed by atoms with Crippen LogP contribution in [0.5, 0.6) is 0 Å². The van der Waals surface area contributed by atoms with Gasteiger partial charge in [-0.15, -0.1) is 11.3 Å². The molecule has 0 bridgehead atoms. The SMILES string of the molecule is C[C@H](O)c1cc(Cl)cs1. The highest BCUT2D eigenvalue weighted by molar-refractivity contribution is 7.10. The van der Waals surface area contributed by atoms with Crippen LogP contribution < -0.4 is 0 Å². The zero-order chi connectivity index (χ0) is 6.85. The molecule has 1 heterocycles. The average molecular weight is 163 g/mol. The van der Waals surface area contributed by atoms with Gasteiger partial charge in [-0.25, -0.2) is 0 Å². The first-order valence-corrected chi connectivity index (χ1v) is 3.88. The molecule has 0 unspecified atom stereocenters.